The Bertz CT molecular complexity index is 453. The van der Waals surface area contributed by atoms with Gasteiger partial charge in [0, 0.05) is 19.3 Å². The summed E-state index contributed by atoms with van der Waals surface area (Å²) in [6.07, 6.45) is 3.80. The zero-order chi connectivity index (χ0) is 15.6. The van der Waals surface area contributed by atoms with Crippen molar-refractivity contribution >= 4 is 28.2 Å². The minimum absolute atomic E-state index is 0.383. The second kappa shape index (κ2) is 6.84. The molecule has 0 aromatic carbocycles. The van der Waals surface area contributed by atoms with Crippen molar-refractivity contribution in [2.24, 2.45) is 23.0 Å². The molecule has 3 atom stereocenters. The Hall–Kier alpha value is -0.330. The van der Waals surface area contributed by atoms with E-state index in [0.717, 1.165) is 21.9 Å². The second-order valence-electron chi connectivity index (χ2n) is 7.27. The summed E-state index contributed by atoms with van der Waals surface area (Å²) in [5.41, 5.74) is 6.38. The Balaban J connectivity index is 2.06. The summed E-state index contributed by atoms with van der Waals surface area (Å²) >= 11 is 3.58. The van der Waals surface area contributed by atoms with Crippen molar-refractivity contribution in [1.29, 1.82) is 0 Å². The van der Waals surface area contributed by atoms with Crippen LogP contribution in [0.3, 0.4) is 0 Å². The predicted molar refractivity (Wildman–Crippen MR) is 93.2 cm³/mol. The first-order valence-electron chi connectivity index (χ1n) is 7.68. The summed E-state index contributed by atoms with van der Waals surface area (Å²) in [5, 5.41) is 10.1. The van der Waals surface area contributed by atoms with Crippen molar-refractivity contribution < 1.29 is 0 Å². The molecule has 0 bridgehead atoms. The normalized spacial score (nSPS) is 26.9. The number of aromatic nitrogens is 2. The average molecular weight is 329 g/mol. The van der Waals surface area contributed by atoms with Crippen molar-refractivity contribution in [2.45, 2.75) is 49.6 Å². The molecule has 3 unspecified atom stereocenters. The maximum absolute atomic E-state index is 6.00. The van der Waals surface area contributed by atoms with Crippen LogP contribution >= 0.6 is 23.1 Å². The molecule has 2 rings (SSSR count). The molecule has 0 spiro atoms. The molecular weight excluding hydrogens is 300 g/mol. The first-order valence-corrected chi connectivity index (χ1v) is 9.38. The SMILES string of the molecule is CN(C)c1nnc(SC2CC(C(C)(C)C)CCC2CN)s1. The molecule has 1 aliphatic carbocycles. The van der Waals surface area contributed by atoms with Gasteiger partial charge in [-0.1, -0.05) is 43.9 Å². The van der Waals surface area contributed by atoms with Crippen molar-refractivity contribution in [3.8, 4) is 0 Å². The lowest BCUT2D eigenvalue weighted by Crippen LogP contribution is -2.36. The molecule has 6 heteroatoms. The molecule has 120 valence electrons. The number of hydrogen-bond donors (Lipinski definition) is 1. The van der Waals surface area contributed by atoms with Crippen LogP contribution in [0.2, 0.25) is 0 Å². The summed E-state index contributed by atoms with van der Waals surface area (Å²) in [6, 6.07) is 0. The highest BCUT2D eigenvalue weighted by Crippen LogP contribution is 2.46. The zero-order valence-corrected chi connectivity index (χ0v) is 15.4. The van der Waals surface area contributed by atoms with Gasteiger partial charge in [0.25, 0.3) is 0 Å². The topological polar surface area (TPSA) is 55.0 Å². The fourth-order valence-corrected chi connectivity index (χ4v) is 5.36. The van der Waals surface area contributed by atoms with Crippen LogP contribution in [0, 0.1) is 17.3 Å². The van der Waals surface area contributed by atoms with Crippen LogP contribution < -0.4 is 10.6 Å². The van der Waals surface area contributed by atoms with Gasteiger partial charge in [0.1, 0.15) is 0 Å². The van der Waals surface area contributed by atoms with E-state index in [1.807, 2.05) is 30.8 Å². The lowest BCUT2D eigenvalue weighted by atomic mass is 9.69. The summed E-state index contributed by atoms with van der Waals surface area (Å²) in [4.78, 5) is 2.01. The second-order valence-corrected chi connectivity index (χ2v) is 9.72. The van der Waals surface area contributed by atoms with Gasteiger partial charge in [-0.2, -0.15) is 0 Å². The Morgan fingerprint density at radius 3 is 2.52 bits per heavy atom. The summed E-state index contributed by atoms with van der Waals surface area (Å²) < 4.78 is 1.08. The highest BCUT2D eigenvalue weighted by Gasteiger charge is 2.36. The zero-order valence-electron chi connectivity index (χ0n) is 13.8. The van der Waals surface area contributed by atoms with Crippen molar-refractivity contribution in [3.63, 3.8) is 0 Å². The van der Waals surface area contributed by atoms with Crippen molar-refractivity contribution in [2.75, 3.05) is 25.5 Å². The average Bonchev–Trinajstić information content (AvgIpc) is 2.86. The van der Waals surface area contributed by atoms with Crippen LogP contribution in [0.4, 0.5) is 5.13 Å². The van der Waals surface area contributed by atoms with E-state index in [1.165, 1.54) is 19.3 Å². The third-order valence-corrected chi connectivity index (χ3v) is 7.07. The molecule has 0 amide bonds. The highest BCUT2D eigenvalue weighted by atomic mass is 32.2. The van der Waals surface area contributed by atoms with Gasteiger partial charge in [-0.25, -0.2) is 0 Å². The molecular formula is C15H28N4S2. The molecule has 0 saturated heterocycles. The highest BCUT2D eigenvalue weighted by molar-refractivity contribution is 8.01. The van der Waals surface area contributed by atoms with E-state index in [-0.39, 0.29) is 0 Å². The van der Waals surface area contributed by atoms with E-state index in [4.69, 9.17) is 5.73 Å². The number of thioether (sulfide) groups is 1. The molecule has 2 N–H and O–H groups in total. The molecule has 1 saturated carbocycles. The van der Waals surface area contributed by atoms with Crippen LogP contribution in [0.25, 0.3) is 0 Å². The molecule has 1 heterocycles. The molecule has 0 radical (unpaired) electrons. The summed E-state index contributed by atoms with van der Waals surface area (Å²) in [7, 11) is 4.02. The summed E-state index contributed by atoms with van der Waals surface area (Å²) in [6.45, 7) is 7.86. The molecule has 1 aromatic rings. The lowest BCUT2D eigenvalue weighted by Gasteiger charge is -2.41. The van der Waals surface area contributed by atoms with Crippen molar-refractivity contribution in [3.05, 3.63) is 0 Å². The Morgan fingerprint density at radius 1 is 1.29 bits per heavy atom. The van der Waals surface area contributed by atoms with Crippen LogP contribution in [0.15, 0.2) is 4.34 Å². The lowest BCUT2D eigenvalue weighted by molar-refractivity contribution is 0.157. The molecule has 21 heavy (non-hydrogen) atoms. The van der Waals surface area contributed by atoms with Gasteiger partial charge >= 0.3 is 0 Å². The first-order chi connectivity index (χ1) is 9.81. The third-order valence-electron chi connectivity index (χ3n) is 4.49. The number of nitrogens with zero attached hydrogens (tertiary/aromatic N) is 3. The van der Waals surface area contributed by atoms with Gasteiger partial charge in [0.05, 0.1) is 0 Å². The van der Waals surface area contributed by atoms with Crippen LogP contribution in [0.1, 0.15) is 40.0 Å². The van der Waals surface area contributed by atoms with Gasteiger partial charge in [-0.15, -0.1) is 10.2 Å². The van der Waals surface area contributed by atoms with Gasteiger partial charge < -0.3 is 10.6 Å². The minimum atomic E-state index is 0.383. The molecule has 1 fully saturated rings. The Labute approximate surface area is 136 Å². The number of nitrogens with two attached hydrogens (primary N) is 1. The summed E-state index contributed by atoms with van der Waals surface area (Å²) in [5.74, 6) is 1.39. The molecule has 0 aliphatic heterocycles. The largest absolute Gasteiger partial charge is 0.353 e. The molecule has 1 aromatic heterocycles. The maximum atomic E-state index is 6.00. The fraction of sp³-hybridized carbons (Fsp3) is 0.867. The van der Waals surface area contributed by atoms with Gasteiger partial charge in [0.15, 0.2) is 4.34 Å². The van der Waals surface area contributed by atoms with E-state index >= 15 is 0 Å². The molecule has 1 aliphatic rings. The number of rotatable bonds is 4. The van der Waals surface area contributed by atoms with E-state index in [9.17, 15) is 0 Å². The first kappa shape index (κ1) is 17.0. The van der Waals surface area contributed by atoms with Gasteiger partial charge in [0.2, 0.25) is 5.13 Å². The monoisotopic (exact) mass is 328 g/mol. The quantitative estimate of drug-likeness (QED) is 0.917. The number of anilines is 1. The van der Waals surface area contributed by atoms with E-state index in [0.29, 0.717) is 16.6 Å². The van der Waals surface area contributed by atoms with Gasteiger partial charge in [-0.05, 0) is 43.1 Å². The van der Waals surface area contributed by atoms with Crippen LogP contribution in [-0.2, 0) is 0 Å². The van der Waals surface area contributed by atoms with E-state index in [2.05, 4.69) is 31.0 Å². The Kier molecular flexibility index (Phi) is 5.54. The standard InChI is InChI=1S/C15H28N4S2/c1-15(2,3)11-7-6-10(9-16)12(8-11)20-14-18-17-13(21-14)19(4)5/h10-12H,6-9,16H2,1-5H3. The van der Waals surface area contributed by atoms with Gasteiger partial charge in [-0.3, -0.25) is 0 Å². The Morgan fingerprint density at radius 2 is 2.00 bits per heavy atom. The minimum Gasteiger partial charge on any atom is -0.353 e. The van der Waals surface area contributed by atoms with E-state index < -0.39 is 0 Å². The predicted octanol–water partition coefficient (Wildman–Crippen LogP) is 3.49. The maximum Gasteiger partial charge on any atom is 0.208 e. The van der Waals surface area contributed by atoms with E-state index in [1.54, 1.807) is 11.3 Å². The fourth-order valence-electron chi connectivity index (χ4n) is 2.95. The van der Waals surface area contributed by atoms with Crippen molar-refractivity contribution in [1.82, 2.24) is 10.2 Å². The third kappa shape index (κ3) is 4.33. The van der Waals surface area contributed by atoms with Crippen LogP contribution in [-0.4, -0.2) is 36.1 Å². The number of hydrogen-bond acceptors (Lipinski definition) is 6. The van der Waals surface area contributed by atoms with Crippen LogP contribution in [0.5, 0.6) is 0 Å². The molecule has 4 nitrogen and oxygen atoms in total. The smallest absolute Gasteiger partial charge is 0.208 e.